The number of aryl methyl sites for hydroxylation is 4. The van der Waals surface area contributed by atoms with Crippen molar-refractivity contribution in [1.29, 1.82) is 0 Å². The van der Waals surface area contributed by atoms with Crippen LogP contribution in [0.4, 0.5) is 5.69 Å². The first-order chi connectivity index (χ1) is 18.0. The van der Waals surface area contributed by atoms with E-state index in [1.165, 1.54) is 24.3 Å². The highest BCUT2D eigenvalue weighted by Gasteiger charge is 2.19. The number of Topliss-reactive ketones (excluding diaryl/α,β-unsaturated/α-hetero) is 1. The van der Waals surface area contributed by atoms with E-state index in [0.717, 1.165) is 33.8 Å². The first kappa shape index (κ1) is 26.9. The molecule has 0 spiro atoms. The van der Waals surface area contributed by atoms with Gasteiger partial charge in [0.15, 0.2) is 6.61 Å². The van der Waals surface area contributed by atoms with E-state index in [0.29, 0.717) is 11.3 Å². The molecule has 3 aromatic carbocycles. The van der Waals surface area contributed by atoms with Crippen molar-refractivity contribution in [2.75, 3.05) is 11.3 Å². The Morgan fingerprint density at radius 2 is 1.47 bits per heavy atom. The van der Waals surface area contributed by atoms with Crippen molar-refractivity contribution in [2.24, 2.45) is 0 Å². The summed E-state index contributed by atoms with van der Waals surface area (Å²) in [6, 6.07) is 20.6. The van der Waals surface area contributed by atoms with Gasteiger partial charge in [0.25, 0.3) is 10.0 Å². The average Bonchev–Trinajstić information content (AvgIpc) is 3.18. The number of rotatable bonds is 8. The number of anilines is 1. The predicted octanol–water partition coefficient (Wildman–Crippen LogP) is 5.86. The molecule has 1 N–H and O–H groups in total. The standard InChI is InChI=1S/C30H30N2O5S/c1-19-6-13-26(14-7-19)32-22(4)17-28(23(32)5)29(33)18-37-30(34)24-9-11-25(12-10-24)31-38(35,36)27-15-8-20(2)21(3)16-27/h6-17,31H,18H2,1-5H3. The monoisotopic (exact) mass is 530 g/mol. The summed E-state index contributed by atoms with van der Waals surface area (Å²) in [6.07, 6.45) is 0. The number of aromatic nitrogens is 1. The lowest BCUT2D eigenvalue weighted by Gasteiger charge is -2.11. The Bertz CT molecular complexity index is 1620. The second-order valence-electron chi connectivity index (χ2n) is 9.38. The lowest BCUT2D eigenvalue weighted by molar-refractivity contribution is 0.0474. The number of hydrogen-bond donors (Lipinski definition) is 1. The summed E-state index contributed by atoms with van der Waals surface area (Å²) in [5.74, 6) is -0.975. The third-order valence-corrected chi connectivity index (χ3v) is 7.90. The Hall–Kier alpha value is -4.17. The molecule has 0 aliphatic carbocycles. The zero-order valence-corrected chi connectivity index (χ0v) is 22.8. The van der Waals surface area contributed by atoms with Crippen LogP contribution in [0.2, 0.25) is 0 Å². The van der Waals surface area contributed by atoms with E-state index in [2.05, 4.69) is 4.72 Å². The molecule has 196 valence electrons. The first-order valence-electron chi connectivity index (χ1n) is 12.1. The van der Waals surface area contributed by atoms with Crippen LogP contribution in [0.25, 0.3) is 5.69 Å². The summed E-state index contributed by atoms with van der Waals surface area (Å²) in [5, 5.41) is 0. The molecule has 0 unspecified atom stereocenters. The molecular formula is C30H30N2O5S. The SMILES string of the molecule is Cc1ccc(-n2c(C)cc(C(=O)COC(=O)c3ccc(NS(=O)(=O)c4ccc(C)c(C)c4)cc3)c2C)cc1. The number of nitrogens with one attached hydrogen (secondary N) is 1. The van der Waals surface area contributed by atoms with E-state index in [-0.39, 0.29) is 16.2 Å². The fraction of sp³-hybridized carbons (Fsp3) is 0.200. The van der Waals surface area contributed by atoms with Crippen molar-refractivity contribution in [3.63, 3.8) is 0 Å². The van der Waals surface area contributed by atoms with Gasteiger partial charge in [0.05, 0.1) is 10.5 Å². The second kappa shape index (κ2) is 10.7. The number of esters is 1. The fourth-order valence-electron chi connectivity index (χ4n) is 4.20. The normalized spacial score (nSPS) is 11.3. The molecule has 1 aromatic heterocycles. The first-order valence-corrected chi connectivity index (χ1v) is 13.6. The van der Waals surface area contributed by atoms with Crippen molar-refractivity contribution in [3.05, 3.63) is 112 Å². The summed E-state index contributed by atoms with van der Waals surface area (Å²) in [5.41, 5.74) is 6.65. The van der Waals surface area contributed by atoms with Crippen LogP contribution >= 0.6 is 0 Å². The van der Waals surface area contributed by atoms with Crippen LogP contribution < -0.4 is 4.72 Å². The number of carbonyl (C=O) groups excluding carboxylic acids is 2. The highest BCUT2D eigenvalue weighted by atomic mass is 32.2. The summed E-state index contributed by atoms with van der Waals surface area (Å²) in [7, 11) is -3.78. The number of ketones is 1. The maximum absolute atomic E-state index is 12.9. The minimum absolute atomic E-state index is 0.157. The number of carbonyl (C=O) groups is 2. The lowest BCUT2D eigenvalue weighted by atomic mass is 10.1. The number of nitrogens with zero attached hydrogens (tertiary/aromatic N) is 1. The maximum Gasteiger partial charge on any atom is 0.338 e. The molecule has 0 saturated heterocycles. The molecule has 4 rings (SSSR count). The van der Waals surface area contributed by atoms with Crippen LogP contribution in [0.15, 0.2) is 77.7 Å². The van der Waals surface area contributed by atoms with Crippen molar-refractivity contribution in [1.82, 2.24) is 4.57 Å². The number of hydrogen-bond acceptors (Lipinski definition) is 5. The molecule has 0 bridgehead atoms. The quantitative estimate of drug-likeness (QED) is 0.227. The van der Waals surface area contributed by atoms with Gasteiger partial charge in [-0.15, -0.1) is 0 Å². The van der Waals surface area contributed by atoms with Crippen molar-refractivity contribution >= 4 is 27.5 Å². The number of ether oxygens (including phenoxy) is 1. The molecule has 7 nitrogen and oxygen atoms in total. The molecule has 0 fully saturated rings. The summed E-state index contributed by atoms with van der Waals surface area (Å²) in [6.45, 7) is 9.15. The van der Waals surface area contributed by atoms with Gasteiger partial charge in [-0.05, 0) is 100 Å². The fourth-order valence-corrected chi connectivity index (χ4v) is 5.34. The molecule has 0 saturated carbocycles. The van der Waals surface area contributed by atoms with E-state index in [4.69, 9.17) is 4.74 Å². The number of benzene rings is 3. The second-order valence-corrected chi connectivity index (χ2v) is 11.1. The van der Waals surface area contributed by atoms with Crippen LogP contribution in [-0.4, -0.2) is 31.3 Å². The van der Waals surface area contributed by atoms with Gasteiger partial charge in [-0.2, -0.15) is 0 Å². The van der Waals surface area contributed by atoms with E-state index in [1.807, 2.05) is 63.5 Å². The van der Waals surface area contributed by atoms with Crippen LogP contribution in [0.5, 0.6) is 0 Å². The molecule has 8 heteroatoms. The van der Waals surface area contributed by atoms with Crippen molar-refractivity contribution < 1.29 is 22.7 Å². The molecule has 0 atom stereocenters. The Kier molecular flexibility index (Phi) is 7.55. The van der Waals surface area contributed by atoms with E-state index in [9.17, 15) is 18.0 Å². The van der Waals surface area contributed by atoms with Crippen LogP contribution in [0.1, 0.15) is 48.8 Å². The van der Waals surface area contributed by atoms with Gasteiger partial charge in [-0.3, -0.25) is 9.52 Å². The van der Waals surface area contributed by atoms with Gasteiger partial charge in [0.1, 0.15) is 0 Å². The highest BCUT2D eigenvalue weighted by molar-refractivity contribution is 7.92. The molecule has 0 amide bonds. The van der Waals surface area contributed by atoms with Crippen LogP contribution in [-0.2, 0) is 14.8 Å². The Balaban J connectivity index is 1.40. The lowest BCUT2D eigenvalue weighted by Crippen LogP contribution is -2.15. The molecule has 0 radical (unpaired) electrons. The van der Waals surface area contributed by atoms with Gasteiger partial charge in [0, 0.05) is 28.3 Å². The van der Waals surface area contributed by atoms with Gasteiger partial charge in [-0.25, -0.2) is 13.2 Å². The van der Waals surface area contributed by atoms with E-state index < -0.39 is 22.6 Å². The summed E-state index contributed by atoms with van der Waals surface area (Å²) < 4.78 is 35.2. The average molecular weight is 531 g/mol. The van der Waals surface area contributed by atoms with E-state index >= 15 is 0 Å². The number of sulfonamides is 1. The zero-order chi connectivity index (χ0) is 27.6. The molecule has 0 aliphatic heterocycles. The molecular weight excluding hydrogens is 500 g/mol. The molecule has 1 heterocycles. The molecule has 0 aliphatic rings. The minimum Gasteiger partial charge on any atom is -0.454 e. The smallest absolute Gasteiger partial charge is 0.338 e. The van der Waals surface area contributed by atoms with E-state index in [1.54, 1.807) is 24.3 Å². The van der Waals surface area contributed by atoms with Crippen molar-refractivity contribution in [3.8, 4) is 5.69 Å². The van der Waals surface area contributed by atoms with Crippen LogP contribution in [0.3, 0.4) is 0 Å². The Labute approximate surface area is 223 Å². The molecule has 38 heavy (non-hydrogen) atoms. The topological polar surface area (TPSA) is 94.5 Å². The maximum atomic E-state index is 12.9. The van der Waals surface area contributed by atoms with Crippen molar-refractivity contribution in [2.45, 2.75) is 39.5 Å². The zero-order valence-electron chi connectivity index (χ0n) is 22.0. The Morgan fingerprint density at radius 1 is 0.816 bits per heavy atom. The summed E-state index contributed by atoms with van der Waals surface area (Å²) >= 11 is 0. The van der Waals surface area contributed by atoms with Gasteiger partial charge >= 0.3 is 5.97 Å². The molecule has 4 aromatic rings. The Morgan fingerprint density at radius 3 is 2.11 bits per heavy atom. The highest BCUT2D eigenvalue weighted by Crippen LogP contribution is 2.23. The van der Waals surface area contributed by atoms with Gasteiger partial charge < -0.3 is 9.30 Å². The van der Waals surface area contributed by atoms with Crippen LogP contribution in [0, 0.1) is 34.6 Å². The summed E-state index contributed by atoms with van der Waals surface area (Å²) in [4.78, 5) is 25.6. The van der Waals surface area contributed by atoms with Gasteiger partial charge in [-0.1, -0.05) is 23.8 Å². The minimum atomic E-state index is -3.78. The van der Waals surface area contributed by atoms with Gasteiger partial charge in [0.2, 0.25) is 5.78 Å². The largest absolute Gasteiger partial charge is 0.454 e. The third kappa shape index (κ3) is 5.70. The third-order valence-electron chi connectivity index (χ3n) is 6.52. The predicted molar refractivity (Wildman–Crippen MR) is 148 cm³/mol.